The highest BCUT2D eigenvalue weighted by Crippen LogP contribution is 2.07. The number of hydrogen-bond acceptors (Lipinski definition) is 4. The molecule has 86 valence electrons. The van der Waals surface area contributed by atoms with Crippen molar-refractivity contribution in [2.24, 2.45) is 5.73 Å². The van der Waals surface area contributed by atoms with Gasteiger partial charge in [0, 0.05) is 23.6 Å². The standard InChI is InChI=1S/C9H17N3O2S/c1-3-15(13,14)5-4-12-7-9(6-11-12)8(2)10/h6-8H,3-5,10H2,1-2H3. The van der Waals surface area contributed by atoms with Crippen molar-refractivity contribution in [2.75, 3.05) is 11.5 Å². The number of sulfone groups is 1. The van der Waals surface area contributed by atoms with Crippen molar-refractivity contribution in [3.05, 3.63) is 18.0 Å². The van der Waals surface area contributed by atoms with Crippen LogP contribution >= 0.6 is 0 Å². The summed E-state index contributed by atoms with van der Waals surface area (Å²) in [6, 6.07) is -0.0680. The lowest BCUT2D eigenvalue weighted by Crippen LogP contribution is -2.14. The first kappa shape index (κ1) is 12.2. The highest BCUT2D eigenvalue weighted by molar-refractivity contribution is 7.91. The summed E-state index contributed by atoms with van der Waals surface area (Å²) in [6.07, 6.45) is 3.46. The number of nitrogens with two attached hydrogens (primary N) is 1. The normalized spacial score (nSPS) is 14.1. The van der Waals surface area contributed by atoms with Crippen LogP contribution in [0.2, 0.25) is 0 Å². The lowest BCUT2D eigenvalue weighted by Gasteiger charge is -2.02. The number of nitrogens with zero attached hydrogens (tertiary/aromatic N) is 2. The molecule has 1 rings (SSSR count). The zero-order chi connectivity index (χ0) is 11.5. The Balaban J connectivity index is 2.59. The fourth-order valence-electron chi connectivity index (χ4n) is 1.11. The van der Waals surface area contributed by atoms with Crippen LogP contribution in [0.4, 0.5) is 0 Å². The molecule has 5 nitrogen and oxygen atoms in total. The van der Waals surface area contributed by atoms with Gasteiger partial charge in [0.05, 0.1) is 18.5 Å². The summed E-state index contributed by atoms with van der Waals surface area (Å²) in [5.74, 6) is 0.304. The molecule has 1 unspecified atom stereocenters. The molecular formula is C9H17N3O2S. The molecule has 0 amide bonds. The van der Waals surface area contributed by atoms with Crippen LogP contribution in [0.15, 0.2) is 12.4 Å². The van der Waals surface area contributed by atoms with Gasteiger partial charge in [-0.2, -0.15) is 5.10 Å². The SMILES string of the molecule is CCS(=O)(=O)CCn1cc(C(C)N)cn1. The zero-order valence-electron chi connectivity index (χ0n) is 9.05. The van der Waals surface area contributed by atoms with Gasteiger partial charge in [0.15, 0.2) is 9.84 Å². The quantitative estimate of drug-likeness (QED) is 0.792. The molecule has 0 spiro atoms. The Morgan fingerprint density at radius 3 is 2.73 bits per heavy atom. The summed E-state index contributed by atoms with van der Waals surface area (Å²) in [5.41, 5.74) is 6.58. The molecule has 0 bridgehead atoms. The van der Waals surface area contributed by atoms with Crippen molar-refractivity contribution in [1.82, 2.24) is 9.78 Å². The van der Waals surface area contributed by atoms with Crippen molar-refractivity contribution in [3.63, 3.8) is 0 Å². The molecule has 1 aromatic heterocycles. The second-order valence-corrected chi connectivity index (χ2v) is 6.03. The summed E-state index contributed by atoms with van der Waals surface area (Å²) in [6.45, 7) is 3.90. The molecule has 0 saturated heterocycles. The molecule has 15 heavy (non-hydrogen) atoms. The first-order valence-electron chi connectivity index (χ1n) is 4.93. The molecule has 0 fully saturated rings. The van der Waals surface area contributed by atoms with Gasteiger partial charge in [-0.05, 0) is 6.92 Å². The van der Waals surface area contributed by atoms with Crippen LogP contribution in [0.25, 0.3) is 0 Å². The van der Waals surface area contributed by atoms with Crippen LogP contribution in [-0.4, -0.2) is 29.7 Å². The highest BCUT2D eigenvalue weighted by Gasteiger charge is 2.08. The highest BCUT2D eigenvalue weighted by atomic mass is 32.2. The van der Waals surface area contributed by atoms with Crippen LogP contribution in [0.3, 0.4) is 0 Å². The average molecular weight is 231 g/mol. The van der Waals surface area contributed by atoms with Gasteiger partial charge in [0.25, 0.3) is 0 Å². The number of aryl methyl sites for hydroxylation is 1. The Labute approximate surface area is 90.2 Å². The van der Waals surface area contributed by atoms with E-state index in [1.165, 1.54) is 0 Å². The van der Waals surface area contributed by atoms with E-state index in [9.17, 15) is 8.42 Å². The molecule has 0 radical (unpaired) electrons. The minimum absolute atomic E-state index is 0.0680. The molecule has 0 saturated carbocycles. The Kier molecular flexibility index (Phi) is 3.87. The third-order valence-corrected chi connectivity index (χ3v) is 3.93. The predicted octanol–water partition coefficient (Wildman–Crippen LogP) is 0.338. The first-order chi connectivity index (χ1) is 6.94. The molecule has 2 N–H and O–H groups in total. The molecular weight excluding hydrogens is 214 g/mol. The van der Waals surface area contributed by atoms with Crippen molar-refractivity contribution >= 4 is 9.84 Å². The van der Waals surface area contributed by atoms with Crippen LogP contribution in [0.1, 0.15) is 25.5 Å². The smallest absolute Gasteiger partial charge is 0.151 e. The maximum absolute atomic E-state index is 11.2. The number of aromatic nitrogens is 2. The summed E-state index contributed by atoms with van der Waals surface area (Å²) < 4.78 is 24.1. The Bertz CT molecular complexity index is 409. The number of hydrogen-bond donors (Lipinski definition) is 1. The molecule has 0 aliphatic heterocycles. The Morgan fingerprint density at radius 1 is 1.60 bits per heavy atom. The topological polar surface area (TPSA) is 78.0 Å². The summed E-state index contributed by atoms with van der Waals surface area (Å²) in [5, 5.41) is 4.05. The third kappa shape index (κ3) is 3.64. The van der Waals surface area contributed by atoms with Gasteiger partial charge < -0.3 is 5.73 Å². The Morgan fingerprint density at radius 2 is 2.27 bits per heavy atom. The van der Waals surface area contributed by atoms with E-state index < -0.39 is 9.84 Å². The summed E-state index contributed by atoms with van der Waals surface area (Å²) in [4.78, 5) is 0. The van der Waals surface area contributed by atoms with Gasteiger partial charge in [-0.25, -0.2) is 8.42 Å². The van der Waals surface area contributed by atoms with Crippen molar-refractivity contribution < 1.29 is 8.42 Å². The minimum Gasteiger partial charge on any atom is -0.324 e. The van der Waals surface area contributed by atoms with Gasteiger partial charge in [-0.3, -0.25) is 4.68 Å². The van der Waals surface area contributed by atoms with Crippen LogP contribution < -0.4 is 5.73 Å². The first-order valence-corrected chi connectivity index (χ1v) is 6.75. The van der Waals surface area contributed by atoms with Crippen LogP contribution in [0.5, 0.6) is 0 Å². The summed E-state index contributed by atoms with van der Waals surface area (Å²) >= 11 is 0. The monoisotopic (exact) mass is 231 g/mol. The minimum atomic E-state index is -2.92. The van der Waals surface area contributed by atoms with E-state index in [1.807, 2.05) is 6.92 Å². The maximum atomic E-state index is 11.2. The summed E-state index contributed by atoms with van der Waals surface area (Å²) in [7, 11) is -2.92. The lowest BCUT2D eigenvalue weighted by molar-refractivity contribution is 0.581. The fraction of sp³-hybridized carbons (Fsp3) is 0.667. The van der Waals surface area contributed by atoms with E-state index in [0.717, 1.165) is 5.56 Å². The fourth-order valence-corrected chi connectivity index (χ4v) is 1.87. The van der Waals surface area contributed by atoms with Gasteiger partial charge in [-0.1, -0.05) is 6.92 Å². The largest absolute Gasteiger partial charge is 0.324 e. The lowest BCUT2D eigenvalue weighted by atomic mass is 10.2. The molecule has 1 atom stereocenters. The third-order valence-electron chi connectivity index (χ3n) is 2.25. The molecule has 0 aromatic carbocycles. The molecule has 0 aliphatic carbocycles. The maximum Gasteiger partial charge on any atom is 0.151 e. The van der Waals surface area contributed by atoms with E-state index in [2.05, 4.69) is 5.10 Å². The van der Waals surface area contributed by atoms with Crippen LogP contribution in [0, 0.1) is 0 Å². The van der Waals surface area contributed by atoms with E-state index in [-0.39, 0.29) is 17.5 Å². The average Bonchev–Trinajstić information content (AvgIpc) is 2.63. The van der Waals surface area contributed by atoms with Crippen LogP contribution in [-0.2, 0) is 16.4 Å². The zero-order valence-corrected chi connectivity index (χ0v) is 9.87. The van der Waals surface area contributed by atoms with E-state index in [0.29, 0.717) is 6.54 Å². The number of rotatable bonds is 5. The second kappa shape index (κ2) is 4.76. The molecule has 1 aromatic rings. The van der Waals surface area contributed by atoms with Gasteiger partial charge in [-0.15, -0.1) is 0 Å². The molecule has 0 aliphatic rings. The Hall–Kier alpha value is -0.880. The van der Waals surface area contributed by atoms with Crippen molar-refractivity contribution in [2.45, 2.75) is 26.4 Å². The van der Waals surface area contributed by atoms with Crippen molar-refractivity contribution in [1.29, 1.82) is 0 Å². The van der Waals surface area contributed by atoms with Crippen molar-refractivity contribution in [3.8, 4) is 0 Å². The van der Waals surface area contributed by atoms with Gasteiger partial charge in [0.2, 0.25) is 0 Å². The van der Waals surface area contributed by atoms with E-state index in [4.69, 9.17) is 5.73 Å². The van der Waals surface area contributed by atoms with E-state index in [1.54, 1.807) is 24.0 Å². The predicted molar refractivity (Wildman–Crippen MR) is 59.2 cm³/mol. The van der Waals surface area contributed by atoms with E-state index >= 15 is 0 Å². The van der Waals surface area contributed by atoms with Gasteiger partial charge >= 0.3 is 0 Å². The molecule has 6 heteroatoms. The molecule has 1 heterocycles. The van der Waals surface area contributed by atoms with Gasteiger partial charge in [0.1, 0.15) is 0 Å². The second-order valence-electron chi connectivity index (χ2n) is 3.56.